The van der Waals surface area contributed by atoms with Gasteiger partial charge < -0.3 is 14.2 Å². The number of ether oxygens (including phenoxy) is 3. The summed E-state index contributed by atoms with van der Waals surface area (Å²) < 4.78 is 16.2. The van der Waals surface area contributed by atoms with Crippen LogP contribution >= 0.6 is 0 Å². The summed E-state index contributed by atoms with van der Waals surface area (Å²) in [5, 5.41) is 2.21. The molecule has 3 rings (SSSR count). The lowest BCUT2D eigenvalue weighted by Crippen LogP contribution is -2.03. The predicted molar refractivity (Wildman–Crippen MR) is 73.5 cm³/mol. The van der Waals surface area contributed by atoms with Crippen LogP contribution in [0.2, 0.25) is 0 Å². The van der Waals surface area contributed by atoms with Gasteiger partial charge in [-0.05, 0) is 35.0 Å². The normalized spacial score (nSPS) is 16.9. The van der Waals surface area contributed by atoms with E-state index < -0.39 is 0 Å². The summed E-state index contributed by atoms with van der Waals surface area (Å²) in [6, 6.07) is 11.9. The molecule has 1 aliphatic heterocycles. The summed E-state index contributed by atoms with van der Waals surface area (Å²) in [6.07, 6.45) is 5.44. The maximum atomic E-state index is 5.66. The van der Waals surface area contributed by atoms with Crippen molar-refractivity contribution in [3.05, 3.63) is 36.4 Å². The summed E-state index contributed by atoms with van der Waals surface area (Å²) in [7, 11) is 0. The fraction of sp³-hybridized carbons (Fsp3) is 0.250. The van der Waals surface area contributed by atoms with E-state index in [0.29, 0.717) is 6.61 Å². The molecule has 1 saturated heterocycles. The highest BCUT2D eigenvalue weighted by molar-refractivity contribution is 5.85. The van der Waals surface area contributed by atoms with E-state index in [4.69, 9.17) is 20.6 Å². The van der Waals surface area contributed by atoms with Crippen LogP contribution in [-0.4, -0.2) is 25.9 Å². The van der Waals surface area contributed by atoms with Crippen LogP contribution in [-0.2, 0) is 4.74 Å². The minimum Gasteiger partial charge on any atom is -0.491 e. The van der Waals surface area contributed by atoms with Crippen molar-refractivity contribution in [1.82, 2.24) is 0 Å². The molecule has 0 saturated carbocycles. The van der Waals surface area contributed by atoms with Crippen LogP contribution in [0, 0.1) is 12.3 Å². The molecule has 0 N–H and O–H groups in total. The van der Waals surface area contributed by atoms with Crippen LogP contribution in [0.1, 0.15) is 0 Å². The van der Waals surface area contributed by atoms with Crippen molar-refractivity contribution in [3.63, 3.8) is 0 Å². The van der Waals surface area contributed by atoms with E-state index in [9.17, 15) is 0 Å². The quantitative estimate of drug-likeness (QED) is 0.607. The minimum absolute atomic E-state index is 0.265. The number of epoxide rings is 1. The number of benzene rings is 2. The summed E-state index contributed by atoms with van der Waals surface area (Å²) >= 11 is 0. The lowest BCUT2D eigenvalue weighted by atomic mass is 10.1. The largest absolute Gasteiger partial charge is 0.491 e. The van der Waals surface area contributed by atoms with Gasteiger partial charge in [-0.3, -0.25) is 0 Å². The van der Waals surface area contributed by atoms with Crippen LogP contribution in [0.4, 0.5) is 0 Å². The molecule has 96 valence electrons. The highest BCUT2D eigenvalue weighted by Crippen LogP contribution is 2.25. The number of rotatable bonds is 5. The molecule has 2 aromatic rings. The first-order chi connectivity index (χ1) is 9.35. The Morgan fingerprint density at radius 2 is 1.79 bits per heavy atom. The zero-order chi connectivity index (χ0) is 13.1. The Morgan fingerprint density at radius 1 is 1.11 bits per heavy atom. The van der Waals surface area contributed by atoms with Crippen molar-refractivity contribution in [2.45, 2.75) is 6.10 Å². The Kier molecular flexibility index (Phi) is 3.26. The van der Waals surface area contributed by atoms with Gasteiger partial charge in [0.2, 0.25) is 0 Å². The van der Waals surface area contributed by atoms with Crippen LogP contribution in [0.3, 0.4) is 0 Å². The lowest BCUT2D eigenvalue weighted by molar-refractivity contribution is 0.263. The highest BCUT2D eigenvalue weighted by Gasteiger charge is 2.22. The van der Waals surface area contributed by atoms with Crippen molar-refractivity contribution in [1.29, 1.82) is 0 Å². The Bertz CT molecular complexity index is 623. The molecule has 1 atom stereocenters. The van der Waals surface area contributed by atoms with Crippen molar-refractivity contribution in [3.8, 4) is 23.8 Å². The molecule has 0 radical (unpaired) electrons. The van der Waals surface area contributed by atoms with Gasteiger partial charge in [-0.2, -0.15) is 0 Å². The average Bonchev–Trinajstić information content (AvgIpc) is 3.26. The Morgan fingerprint density at radius 3 is 2.42 bits per heavy atom. The third-order valence-electron chi connectivity index (χ3n) is 2.94. The topological polar surface area (TPSA) is 31.0 Å². The number of fused-ring (bicyclic) bond motifs is 1. The van der Waals surface area contributed by atoms with Crippen LogP contribution in [0.25, 0.3) is 10.8 Å². The molecule has 0 amide bonds. The van der Waals surface area contributed by atoms with E-state index in [1.54, 1.807) is 0 Å². The highest BCUT2D eigenvalue weighted by atomic mass is 16.6. The fourth-order valence-electron chi connectivity index (χ4n) is 1.86. The van der Waals surface area contributed by atoms with Crippen LogP contribution in [0.5, 0.6) is 11.5 Å². The maximum absolute atomic E-state index is 5.66. The van der Waals surface area contributed by atoms with Crippen molar-refractivity contribution >= 4 is 10.8 Å². The van der Waals surface area contributed by atoms with Gasteiger partial charge in [0, 0.05) is 0 Å². The van der Waals surface area contributed by atoms with Crippen LogP contribution in [0.15, 0.2) is 36.4 Å². The summed E-state index contributed by atoms with van der Waals surface area (Å²) in [5.41, 5.74) is 0. The molecule has 0 aliphatic carbocycles. The molecule has 2 aromatic carbocycles. The third-order valence-corrected chi connectivity index (χ3v) is 2.94. The summed E-state index contributed by atoms with van der Waals surface area (Å²) in [5.74, 6) is 4.07. The molecule has 1 fully saturated rings. The molecule has 0 spiro atoms. The number of hydrogen-bond donors (Lipinski definition) is 0. The van der Waals surface area contributed by atoms with Crippen LogP contribution < -0.4 is 9.47 Å². The van der Waals surface area contributed by atoms with E-state index in [0.717, 1.165) is 28.9 Å². The molecular formula is C16H14O3. The number of terminal acetylenes is 1. The van der Waals surface area contributed by atoms with Gasteiger partial charge in [-0.25, -0.2) is 0 Å². The van der Waals surface area contributed by atoms with Gasteiger partial charge in [0.1, 0.15) is 30.8 Å². The Balaban J connectivity index is 1.80. The first-order valence-corrected chi connectivity index (χ1v) is 6.19. The number of hydrogen-bond acceptors (Lipinski definition) is 3. The zero-order valence-corrected chi connectivity index (χ0v) is 10.5. The Hall–Kier alpha value is -2.18. The van der Waals surface area contributed by atoms with Gasteiger partial charge in [0.15, 0.2) is 0 Å². The van der Waals surface area contributed by atoms with Gasteiger partial charge in [-0.1, -0.05) is 18.1 Å². The van der Waals surface area contributed by atoms with Crippen molar-refractivity contribution in [2.24, 2.45) is 0 Å². The standard InChI is InChI=1S/C16H14O3/c1-2-7-17-14-5-3-12-4-6-15(9-13(12)8-14)18-10-16-11-19-16/h1,3-6,8-9,16H,7,10-11H2. The maximum Gasteiger partial charge on any atom is 0.148 e. The summed E-state index contributed by atoms with van der Waals surface area (Å²) in [4.78, 5) is 0. The lowest BCUT2D eigenvalue weighted by Gasteiger charge is -2.07. The molecule has 1 unspecified atom stereocenters. The molecule has 0 bridgehead atoms. The second kappa shape index (κ2) is 5.21. The predicted octanol–water partition coefficient (Wildman–Crippen LogP) is 2.63. The molecule has 1 heterocycles. The van der Waals surface area contributed by atoms with E-state index >= 15 is 0 Å². The van der Waals surface area contributed by atoms with Crippen molar-refractivity contribution < 1.29 is 14.2 Å². The Labute approximate surface area is 112 Å². The second-order valence-corrected chi connectivity index (χ2v) is 4.43. The van der Waals surface area contributed by atoms with E-state index in [1.165, 1.54) is 0 Å². The average molecular weight is 254 g/mol. The monoisotopic (exact) mass is 254 g/mol. The zero-order valence-electron chi connectivity index (χ0n) is 10.5. The molecule has 1 aliphatic rings. The SMILES string of the molecule is C#CCOc1ccc2ccc(OCC3CO3)cc2c1. The first-order valence-electron chi connectivity index (χ1n) is 6.19. The summed E-state index contributed by atoms with van der Waals surface area (Å²) in [6.45, 7) is 1.69. The smallest absolute Gasteiger partial charge is 0.148 e. The van der Waals surface area contributed by atoms with Gasteiger partial charge in [0.25, 0.3) is 0 Å². The molecule has 3 heteroatoms. The van der Waals surface area contributed by atoms with Gasteiger partial charge in [-0.15, -0.1) is 6.42 Å². The molecule has 3 nitrogen and oxygen atoms in total. The molecule has 0 aromatic heterocycles. The van der Waals surface area contributed by atoms with Gasteiger partial charge >= 0.3 is 0 Å². The fourth-order valence-corrected chi connectivity index (χ4v) is 1.86. The first kappa shape index (κ1) is 11.9. The molecular weight excluding hydrogens is 240 g/mol. The molecule has 19 heavy (non-hydrogen) atoms. The van der Waals surface area contributed by atoms with Gasteiger partial charge in [0.05, 0.1) is 6.61 Å². The van der Waals surface area contributed by atoms with Crippen molar-refractivity contribution in [2.75, 3.05) is 19.8 Å². The third kappa shape index (κ3) is 2.98. The van der Waals surface area contributed by atoms with E-state index in [2.05, 4.69) is 5.92 Å². The van der Waals surface area contributed by atoms with E-state index in [-0.39, 0.29) is 12.7 Å². The van der Waals surface area contributed by atoms with E-state index in [1.807, 2.05) is 36.4 Å². The second-order valence-electron chi connectivity index (χ2n) is 4.43. The minimum atomic E-state index is 0.265.